The van der Waals surface area contributed by atoms with Gasteiger partial charge in [0.2, 0.25) is 0 Å². The highest BCUT2D eigenvalue weighted by molar-refractivity contribution is 5.92. The molecule has 11 heteroatoms. The zero-order chi connectivity index (χ0) is 33.0. The summed E-state index contributed by atoms with van der Waals surface area (Å²) in [5.41, 5.74) is -4.45. The lowest BCUT2D eigenvalue weighted by Crippen LogP contribution is -2.76. The summed E-state index contributed by atoms with van der Waals surface area (Å²) in [6, 6.07) is 1.79. The lowest BCUT2D eigenvalue weighted by molar-refractivity contribution is -0.252. The number of epoxide rings is 1. The van der Waals surface area contributed by atoms with Crippen molar-refractivity contribution in [1.82, 2.24) is 0 Å². The van der Waals surface area contributed by atoms with Gasteiger partial charge < -0.3 is 38.7 Å². The van der Waals surface area contributed by atoms with E-state index in [1.54, 1.807) is 12.3 Å². The number of unbranched alkanes of at least 4 members (excludes halogenated alkanes) is 2. The maximum absolute atomic E-state index is 14.4. The fourth-order valence-corrected chi connectivity index (χ4v) is 11.3. The number of hydrogen-bond donors (Lipinski definition) is 3. The van der Waals surface area contributed by atoms with E-state index >= 15 is 0 Å². The van der Waals surface area contributed by atoms with Gasteiger partial charge in [0.1, 0.15) is 30.2 Å². The predicted molar refractivity (Wildman–Crippen MR) is 160 cm³/mol. The van der Waals surface area contributed by atoms with Crippen LogP contribution < -0.4 is 0 Å². The average Bonchev–Trinajstić information content (AvgIpc) is 3.56. The van der Waals surface area contributed by atoms with Crippen LogP contribution in [0.3, 0.4) is 0 Å². The van der Waals surface area contributed by atoms with Crippen LogP contribution in [0.1, 0.15) is 97.0 Å². The van der Waals surface area contributed by atoms with Crippen LogP contribution in [0.25, 0.3) is 0 Å². The summed E-state index contributed by atoms with van der Waals surface area (Å²) < 4.78 is 30.9. The molecule has 1 aromatic rings. The van der Waals surface area contributed by atoms with E-state index in [9.17, 15) is 29.7 Å². The maximum atomic E-state index is 14.4. The van der Waals surface area contributed by atoms with Crippen molar-refractivity contribution in [1.29, 1.82) is 0 Å². The number of esters is 2. The van der Waals surface area contributed by atoms with Gasteiger partial charge >= 0.3 is 11.9 Å². The molecule has 4 saturated heterocycles. The summed E-state index contributed by atoms with van der Waals surface area (Å²) in [6.07, 6.45) is 1.94. The molecule has 0 aromatic carbocycles. The number of ketones is 1. The van der Waals surface area contributed by atoms with Crippen LogP contribution in [0.2, 0.25) is 0 Å². The number of rotatable bonds is 9. The van der Waals surface area contributed by atoms with Crippen molar-refractivity contribution in [3.8, 4) is 0 Å². The lowest BCUT2D eigenvalue weighted by Gasteiger charge is -2.66. The van der Waals surface area contributed by atoms with E-state index in [0.29, 0.717) is 37.0 Å². The minimum Gasteiger partial charge on any atom is -0.469 e. The summed E-state index contributed by atoms with van der Waals surface area (Å²) in [5, 5.41) is 32.6. The van der Waals surface area contributed by atoms with Crippen molar-refractivity contribution in [3.63, 3.8) is 0 Å². The molecule has 11 nitrogen and oxygen atoms in total. The standard InChI is InChI=1S/C35H48O11/c1-6-7-8-9-18(20(37)16-36)14-21-19(11-13-42-21)28-32(4)12-10-22-33(5,35(32)29(46-35)30(41)44-28)27(40)25(39)26-31(2,3)45-23-15-24(38)43-17-34(22,23)26/h11,13,18,20,22-23,26-29,36-37,40H,6-10,12,14-17H2,1-5H3/t18-,20-,22-,23+,26+,27-,28-,29-,32-,33+,34-,35+/m1/s1. The quantitative estimate of drug-likeness (QED) is 0.205. The molecule has 0 radical (unpaired) electrons. The van der Waals surface area contributed by atoms with Gasteiger partial charge in [-0.1, -0.05) is 40.0 Å². The summed E-state index contributed by atoms with van der Waals surface area (Å²) in [6.45, 7) is 9.31. The number of aliphatic hydroxyl groups excluding tert-OH is 3. The molecule has 1 aromatic heterocycles. The van der Waals surface area contributed by atoms with Crippen LogP contribution in [0.15, 0.2) is 16.7 Å². The molecular weight excluding hydrogens is 596 g/mol. The van der Waals surface area contributed by atoms with Gasteiger partial charge in [-0.25, -0.2) is 4.79 Å². The molecule has 5 heterocycles. The minimum absolute atomic E-state index is 0.00707. The number of ether oxygens (including phenoxy) is 4. The molecule has 46 heavy (non-hydrogen) atoms. The Morgan fingerprint density at radius 2 is 1.83 bits per heavy atom. The average molecular weight is 645 g/mol. The van der Waals surface area contributed by atoms with E-state index in [-0.39, 0.29) is 43.2 Å². The number of carbonyl (C=O) groups excluding carboxylic acids is 3. The van der Waals surface area contributed by atoms with Gasteiger partial charge in [-0.05, 0) is 51.0 Å². The second-order valence-corrected chi connectivity index (χ2v) is 15.8. The number of Topliss-reactive ketones (excluding diaryl/α,β-unsaturated/α-hetero) is 1. The molecule has 0 unspecified atom stereocenters. The Labute approximate surface area is 269 Å². The number of carbonyl (C=O) groups is 3. The molecule has 0 amide bonds. The van der Waals surface area contributed by atoms with Gasteiger partial charge in [0, 0.05) is 28.2 Å². The molecule has 0 bridgehead atoms. The van der Waals surface area contributed by atoms with Crippen LogP contribution in [0.4, 0.5) is 0 Å². The molecule has 6 fully saturated rings. The normalized spacial score (nSPS) is 44.9. The van der Waals surface area contributed by atoms with E-state index in [2.05, 4.69) is 6.92 Å². The molecule has 12 atom stereocenters. The molecule has 3 N–H and O–H groups in total. The molecular formula is C35H48O11. The van der Waals surface area contributed by atoms with E-state index in [4.69, 9.17) is 23.4 Å². The van der Waals surface area contributed by atoms with Crippen molar-refractivity contribution in [3.05, 3.63) is 23.7 Å². The van der Waals surface area contributed by atoms with Crippen LogP contribution >= 0.6 is 0 Å². The lowest BCUT2D eigenvalue weighted by atomic mass is 9.36. The van der Waals surface area contributed by atoms with Crippen LogP contribution in [0, 0.1) is 34.0 Å². The van der Waals surface area contributed by atoms with E-state index < -0.39 is 69.9 Å². The van der Waals surface area contributed by atoms with E-state index in [0.717, 1.165) is 19.3 Å². The molecule has 7 rings (SSSR count). The number of furan rings is 1. The van der Waals surface area contributed by atoms with Gasteiger partial charge in [0.15, 0.2) is 11.9 Å². The van der Waals surface area contributed by atoms with Gasteiger partial charge in [-0.3, -0.25) is 9.59 Å². The van der Waals surface area contributed by atoms with Gasteiger partial charge in [-0.2, -0.15) is 0 Å². The molecule has 2 saturated carbocycles. The number of fused-ring (bicyclic) bond motifs is 1. The largest absolute Gasteiger partial charge is 0.469 e. The summed E-state index contributed by atoms with van der Waals surface area (Å²) in [7, 11) is 0. The summed E-state index contributed by atoms with van der Waals surface area (Å²) in [5.74, 6) is -2.04. The third kappa shape index (κ3) is 3.92. The zero-order valence-electron chi connectivity index (χ0n) is 27.5. The third-order valence-electron chi connectivity index (χ3n) is 13.3. The highest BCUT2D eigenvalue weighted by atomic mass is 16.7. The van der Waals surface area contributed by atoms with Crippen molar-refractivity contribution >= 4 is 17.7 Å². The van der Waals surface area contributed by atoms with Crippen molar-refractivity contribution in [2.45, 2.75) is 128 Å². The first-order chi connectivity index (χ1) is 21.7. The Hall–Kier alpha value is -2.31. The number of aliphatic hydroxyl groups is 3. The molecule has 4 aliphatic heterocycles. The van der Waals surface area contributed by atoms with Crippen molar-refractivity contribution < 1.29 is 53.1 Å². The molecule has 2 spiro atoms. The van der Waals surface area contributed by atoms with Gasteiger partial charge in [-0.15, -0.1) is 0 Å². The molecule has 254 valence electrons. The maximum Gasteiger partial charge on any atom is 0.339 e. The monoisotopic (exact) mass is 644 g/mol. The van der Waals surface area contributed by atoms with Gasteiger partial charge in [0.25, 0.3) is 0 Å². The van der Waals surface area contributed by atoms with E-state index in [1.807, 2.05) is 27.7 Å². The SMILES string of the molecule is CCCCC[C@H](Cc1occc1[C@H]1OC(=O)[C@H]2O[C@@]23[C@]2(C)[C@H](O)C(=O)[C@H]4C(C)(C)O[C@H]5CC(=O)OC[C@@]54[C@@H]2CC[C@]13C)[C@H](O)CO. The van der Waals surface area contributed by atoms with Crippen molar-refractivity contribution in [2.24, 2.45) is 34.0 Å². The number of cyclic esters (lactones) is 2. The second kappa shape index (κ2) is 10.6. The van der Waals surface area contributed by atoms with Crippen LogP contribution in [-0.4, -0.2) is 81.9 Å². The second-order valence-electron chi connectivity index (χ2n) is 15.8. The Bertz CT molecular complexity index is 1420. The fourth-order valence-electron chi connectivity index (χ4n) is 11.3. The Kier molecular flexibility index (Phi) is 7.43. The first kappa shape index (κ1) is 32.2. The summed E-state index contributed by atoms with van der Waals surface area (Å²) >= 11 is 0. The fraction of sp³-hybridized carbons (Fsp3) is 0.800. The van der Waals surface area contributed by atoms with Gasteiger partial charge in [0.05, 0.1) is 43.0 Å². The third-order valence-corrected chi connectivity index (χ3v) is 13.3. The Morgan fingerprint density at radius 1 is 1.07 bits per heavy atom. The minimum atomic E-state index is -1.45. The smallest absolute Gasteiger partial charge is 0.339 e. The Balaban J connectivity index is 1.29. The molecule has 6 aliphatic rings. The van der Waals surface area contributed by atoms with E-state index in [1.165, 1.54) is 0 Å². The van der Waals surface area contributed by atoms with Crippen LogP contribution in [0.5, 0.6) is 0 Å². The highest BCUT2D eigenvalue weighted by Crippen LogP contribution is 2.80. The highest BCUT2D eigenvalue weighted by Gasteiger charge is 2.90. The van der Waals surface area contributed by atoms with Crippen LogP contribution in [-0.2, 0) is 39.8 Å². The van der Waals surface area contributed by atoms with Crippen molar-refractivity contribution in [2.75, 3.05) is 13.2 Å². The first-order valence-corrected chi connectivity index (χ1v) is 17.0. The summed E-state index contributed by atoms with van der Waals surface area (Å²) in [4.78, 5) is 40.7. The number of hydrogen-bond acceptors (Lipinski definition) is 11. The zero-order valence-corrected chi connectivity index (χ0v) is 27.5. The topological polar surface area (TPSA) is 165 Å². The Morgan fingerprint density at radius 3 is 2.54 bits per heavy atom. The first-order valence-electron chi connectivity index (χ1n) is 17.0. The predicted octanol–water partition coefficient (Wildman–Crippen LogP) is 3.20. The molecule has 2 aliphatic carbocycles.